The van der Waals surface area contributed by atoms with Crippen LogP contribution < -0.4 is 4.74 Å². The predicted octanol–water partition coefficient (Wildman–Crippen LogP) is 4.91. The van der Waals surface area contributed by atoms with E-state index in [4.69, 9.17) is 9.72 Å². The number of benzene rings is 2. The monoisotopic (exact) mass is 397 g/mol. The Kier molecular flexibility index (Phi) is 4.99. The van der Waals surface area contributed by atoms with Gasteiger partial charge in [0.25, 0.3) is 0 Å². The second-order valence-electron chi connectivity index (χ2n) is 7.53. The van der Waals surface area contributed by atoms with E-state index in [1.54, 1.807) is 12.4 Å². The number of aromatic nitrogens is 4. The minimum absolute atomic E-state index is 0.319. The molecule has 1 aliphatic rings. The lowest BCUT2D eigenvalue weighted by molar-refractivity contribution is 0.0759. The van der Waals surface area contributed by atoms with Crippen molar-refractivity contribution in [3.05, 3.63) is 90.1 Å². The first-order valence-corrected chi connectivity index (χ1v) is 10.2. The maximum absolute atomic E-state index is 5.68. The van der Waals surface area contributed by atoms with Gasteiger partial charge < -0.3 is 9.72 Å². The van der Waals surface area contributed by atoms with Crippen molar-refractivity contribution in [2.24, 2.45) is 0 Å². The number of hydrogen-bond acceptors (Lipinski definition) is 5. The number of imidazole rings is 1. The van der Waals surface area contributed by atoms with E-state index in [-0.39, 0.29) is 0 Å². The van der Waals surface area contributed by atoms with E-state index in [0.717, 1.165) is 42.3 Å². The van der Waals surface area contributed by atoms with Gasteiger partial charge in [-0.05, 0) is 31.0 Å². The van der Waals surface area contributed by atoms with Gasteiger partial charge in [0.1, 0.15) is 11.6 Å². The molecule has 0 spiro atoms. The molecule has 6 nitrogen and oxygen atoms in total. The van der Waals surface area contributed by atoms with Crippen LogP contribution in [0.1, 0.15) is 29.5 Å². The zero-order valence-corrected chi connectivity index (χ0v) is 16.8. The molecule has 0 saturated carbocycles. The van der Waals surface area contributed by atoms with E-state index in [2.05, 4.69) is 50.2 Å². The van der Waals surface area contributed by atoms with E-state index in [1.165, 1.54) is 5.56 Å². The highest BCUT2D eigenvalue weighted by atomic mass is 16.5. The number of hydrogen-bond donors (Lipinski definition) is 1. The third-order valence-electron chi connectivity index (χ3n) is 5.43. The molecule has 2 aromatic carbocycles. The van der Waals surface area contributed by atoms with Gasteiger partial charge in [-0.3, -0.25) is 4.90 Å². The molecule has 1 saturated heterocycles. The van der Waals surface area contributed by atoms with Crippen molar-refractivity contribution in [3.8, 4) is 23.0 Å². The summed E-state index contributed by atoms with van der Waals surface area (Å²) in [5.41, 5.74) is 4.12. The van der Waals surface area contributed by atoms with Crippen LogP contribution in [0.4, 0.5) is 0 Å². The van der Waals surface area contributed by atoms with Crippen molar-refractivity contribution in [3.63, 3.8) is 0 Å². The molecule has 30 heavy (non-hydrogen) atoms. The van der Waals surface area contributed by atoms with Gasteiger partial charge in [0.2, 0.25) is 0 Å². The molecular formula is C24H23N5O. The average molecular weight is 397 g/mol. The molecule has 4 aromatic rings. The molecule has 5 rings (SSSR count). The Hall–Kier alpha value is -3.51. The summed E-state index contributed by atoms with van der Waals surface area (Å²) < 4.78 is 5.68. The van der Waals surface area contributed by atoms with Crippen LogP contribution >= 0.6 is 0 Å². The zero-order chi connectivity index (χ0) is 20.3. The van der Waals surface area contributed by atoms with Gasteiger partial charge in [0.15, 0.2) is 0 Å². The van der Waals surface area contributed by atoms with Crippen LogP contribution in [0.25, 0.3) is 11.3 Å². The summed E-state index contributed by atoms with van der Waals surface area (Å²) >= 11 is 0. The van der Waals surface area contributed by atoms with Crippen LogP contribution in [0.5, 0.6) is 11.8 Å². The molecule has 0 amide bonds. The van der Waals surface area contributed by atoms with Crippen LogP contribution in [0.2, 0.25) is 0 Å². The summed E-state index contributed by atoms with van der Waals surface area (Å²) in [6, 6.07) is 20.7. The lowest BCUT2D eigenvalue weighted by Crippen LogP contribution is -2.40. The van der Waals surface area contributed by atoms with E-state index >= 15 is 0 Å². The van der Waals surface area contributed by atoms with Gasteiger partial charge in [0, 0.05) is 36.7 Å². The van der Waals surface area contributed by atoms with Crippen molar-refractivity contribution in [1.29, 1.82) is 0 Å². The standard InChI is InChI=1S/C24H23N5O/c1-17-22(19-14-25-24(26-15-19)30-20-10-6-3-7-11-20)28-23(27-17)21-12-13-29(21)16-18-8-4-2-5-9-18/h2-11,14-15,21H,12-13,16H2,1H3,(H,27,28). The van der Waals surface area contributed by atoms with Gasteiger partial charge >= 0.3 is 6.01 Å². The van der Waals surface area contributed by atoms with Gasteiger partial charge in [-0.15, -0.1) is 0 Å². The minimum Gasteiger partial charge on any atom is -0.424 e. The molecule has 1 atom stereocenters. The smallest absolute Gasteiger partial charge is 0.321 e. The Bertz CT molecular complexity index is 1110. The predicted molar refractivity (Wildman–Crippen MR) is 115 cm³/mol. The van der Waals surface area contributed by atoms with Gasteiger partial charge in [-0.2, -0.15) is 0 Å². The molecule has 1 aliphatic heterocycles. The molecule has 0 aliphatic carbocycles. The quantitative estimate of drug-likeness (QED) is 0.500. The van der Waals surface area contributed by atoms with Crippen molar-refractivity contribution >= 4 is 0 Å². The maximum atomic E-state index is 5.68. The van der Waals surface area contributed by atoms with Crippen molar-refractivity contribution in [2.45, 2.75) is 25.9 Å². The Labute approximate surface area is 175 Å². The number of likely N-dealkylation sites (tertiary alicyclic amines) is 1. The average Bonchev–Trinajstić information content (AvgIpc) is 3.14. The molecule has 0 bridgehead atoms. The number of para-hydroxylation sites is 1. The molecule has 0 radical (unpaired) electrons. The highest BCUT2D eigenvalue weighted by Crippen LogP contribution is 2.35. The minimum atomic E-state index is 0.319. The summed E-state index contributed by atoms with van der Waals surface area (Å²) in [5.74, 6) is 1.72. The lowest BCUT2D eigenvalue weighted by Gasteiger charge is -2.39. The molecule has 1 N–H and O–H groups in total. The van der Waals surface area contributed by atoms with Crippen LogP contribution in [-0.2, 0) is 6.54 Å². The number of aromatic amines is 1. The fraction of sp³-hybridized carbons (Fsp3) is 0.208. The summed E-state index contributed by atoms with van der Waals surface area (Å²) in [6.45, 7) is 4.07. The topological polar surface area (TPSA) is 66.9 Å². The Morgan fingerprint density at radius 1 is 1.00 bits per heavy atom. The fourth-order valence-corrected chi connectivity index (χ4v) is 3.77. The number of rotatable bonds is 6. The Morgan fingerprint density at radius 3 is 2.37 bits per heavy atom. The number of aryl methyl sites for hydroxylation is 1. The van der Waals surface area contributed by atoms with Gasteiger partial charge in [-0.1, -0.05) is 48.5 Å². The first-order valence-electron chi connectivity index (χ1n) is 10.2. The number of H-pyrrole nitrogens is 1. The summed E-state index contributed by atoms with van der Waals surface area (Å²) in [7, 11) is 0. The number of ether oxygens (including phenoxy) is 1. The summed E-state index contributed by atoms with van der Waals surface area (Å²) in [6.07, 6.45) is 4.64. The molecule has 150 valence electrons. The molecule has 1 unspecified atom stereocenters. The van der Waals surface area contributed by atoms with Gasteiger partial charge in [0.05, 0.1) is 11.7 Å². The second kappa shape index (κ2) is 8.08. The van der Waals surface area contributed by atoms with Crippen molar-refractivity contribution < 1.29 is 4.74 Å². The van der Waals surface area contributed by atoms with Gasteiger partial charge in [-0.25, -0.2) is 15.0 Å². The Morgan fingerprint density at radius 2 is 1.70 bits per heavy atom. The highest BCUT2D eigenvalue weighted by Gasteiger charge is 2.32. The van der Waals surface area contributed by atoms with Crippen LogP contribution in [-0.4, -0.2) is 31.4 Å². The second-order valence-corrected chi connectivity index (χ2v) is 7.53. The van der Waals surface area contributed by atoms with E-state index in [0.29, 0.717) is 17.8 Å². The first-order chi connectivity index (χ1) is 14.8. The molecular weight excluding hydrogens is 374 g/mol. The van der Waals surface area contributed by atoms with Crippen LogP contribution in [0.15, 0.2) is 73.1 Å². The van der Waals surface area contributed by atoms with Crippen LogP contribution in [0, 0.1) is 6.92 Å². The molecule has 2 aromatic heterocycles. The molecule has 1 fully saturated rings. The van der Waals surface area contributed by atoms with E-state index < -0.39 is 0 Å². The third-order valence-corrected chi connectivity index (χ3v) is 5.43. The van der Waals surface area contributed by atoms with Crippen molar-refractivity contribution in [1.82, 2.24) is 24.8 Å². The van der Waals surface area contributed by atoms with E-state index in [1.807, 2.05) is 37.3 Å². The molecule has 3 heterocycles. The zero-order valence-electron chi connectivity index (χ0n) is 16.8. The lowest BCUT2D eigenvalue weighted by atomic mass is 10.0. The normalized spacial score (nSPS) is 16.2. The fourth-order valence-electron chi connectivity index (χ4n) is 3.77. The third kappa shape index (κ3) is 3.82. The Balaban J connectivity index is 1.30. The largest absolute Gasteiger partial charge is 0.424 e. The number of nitrogens with zero attached hydrogens (tertiary/aromatic N) is 4. The SMILES string of the molecule is Cc1[nH]c(C2CCN2Cc2ccccc2)nc1-c1cnc(Oc2ccccc2)nc1. The van der Waals surface area contributed by atoms with E-state index in [9.17, 15) is 0 Å². The summed E-state index contributed by atoms with van der Waals surface area (Å²) in [4.78, 5) is 19.5. The highest BCUT2D eigenvalue weighted by molar-refractivity contribution is 5.60. The first kappa shape index (κ1) is 18.5. The number of nitrogens with one attached hydrogen (secondary N) is 1. The van der Waals surface area contributed by atoms with Crippen LogP contribution in [0.3, 0.4) is 0 Å². The van der Waals surface area contributed by atoms with Crippen molar-refractivity contribution in [2.75, 3.05) is 6.54 Å². The molecule has 6 heteroatoms. The maximum Gasteiger partial charge on any atom is 0.321 e. The summed E-state index contributed by atoms with van der Waals surface area (Å²) in [5, 5.41) is 0.